The molecule has 1 aliphatic rings. The molecule has 2 aromatic carbocycles. The van der Waals surface area contributed by atoms with E-state index in [0.29, 0.717) is 7.14 Å². The number of carbonyl (C=O) groups excluding carboxylic acids is 4. The summed E-state index contributed by atoms with van der Waals surface area (Å²) in [6, 6.07) is 4.40. The molecule has 1 heterocycles. The fourth-order valence-corrected chi connectivity index (χ4v) is 7.04. The number of benzene rings is 2. The summed E-state index contributed by atoms with van der Waals surface area (Å²) in [5.74, 6) is -3.41. The Hall–Kier alpha value is -0.630. The second-order valence-corrected chi connectivity index (χ2v) is 12.1. The van der Waals surface area contributed by atoms with Crippen LogP contribution in [0.5, 0.6) is 0 Å². The molecule has 180 valence electrons. The maximum absolute atomic E-state index is 13.8. The second-order valence-electron chi connectivity index (χ2n) is 7.77. The molecule has 0 saturated heterocycles. The number of fused-ring (bicyclic) bond motifs is 1. The van der Waals surface area contributed by atoms with Crippen LogP contribution in [-0.4, -0.2) is 41.2 Å². The van der Waals surface area contributed by atoms with Crippen LogP contribution in [0.1, 0.15) is 41.0 Å². The summed E-state index contributed by atoms with van der Waals surface area (Å²) in [7, 11) is 0. The Kier molecular flexibility index (Phi) is 9.55. The second kappa shape index (κ2) is 11.6. The Labute approximate surface area is 249 Å². The largest absolute Gasteiger partial charge is 0.454 e. The highest BCUT2D eigenvalue weighted by Gasteiger charge is 2.47. The van der Waals surface area contributed by atoms with Crippen LogP contribution < -0.4 is 5.32 Å². The van der Waals surface area contributed by atoms with Crippen LogP contribution in [0, 0.1) is 26.0 Å². The van der Waals surface area contributed by atoms with Gasteiger partial charge in [-0.3, -0.25) is 19.3 Å². The number of carbonyl (C=O) groups is 4. The summed E-state index contributed by atoms with van der Waals surface area (Å²) < 4.78 is 21.9. The molecule has 7 nitrogen and oxygen atoms in total. The van der Waals surface area contributed by atoms with Crippen molar-refractivity contribution in [1.29, 1.82) is 0 Å². The maximum atomic E-state index is 13.8. The van der Waals surface area contributed by atoms with Gasteiger partial charge in [-0.15, -0.1) is 0 Å². The lowest BCUT2D eigenvalue weighted by atomic mass is 10.0. The molecule has 34 heavy (non-hydrogen) atoms. The Morgan fingerprint density at radius 3 is 2.00 bits per heavy atom. The number of nitrogens with zero attached hydrogens (tertiary/aromatic N) is 1. The number of anilines is 1. The van der Waals surface area contributed by atoms with Crippen molar-refractivity contribution in [3.05, 3.63) is 55.5 Å². The van der Waals surface area contributed by atoms with Gasteiger partial charge >= 0.3 is 5.97 Å². The van der Waals surface area contributed by atoms with E-state index < -0.39 is 42.2 Å². The Morgan fingerprint density at radius 1 is 0.971 bits per heavy atom. The molecule has 0 fully saturated rings. The smallest absolute Gasteiger partial charge is 0.329 e. The minimum absolute atomic E-state index is 0.0454. The van der Waals surface area contributed by atoms with Crippen LogP contribution in [0.25, 0.3) is 0 Å². The Morgan fingerprint density at radius 2 is 1.50 bits per heavy atom. The van der Waals surface area contributed by atoms with Gasteiger partial charge in [-0.1, -0.05) is 26.0 Å². The fraction of sp³-hybridized carbons (Fsp3) is 0.273. The first kappa shape index (κ1) is 27.9. The number of para-hydroxylation sites is 1. The molecule has 1 aliphatic heterocycles. The predicted octanol–water partition coefficient (Wildman–Crippen LogP) is 5.44. The van der Waals surface area contributed by atoms with Crippen molar-refractivity contribution in [3.8, 4) is 0 Å². The van der Waals surface area contributed by atoms with Crippen LogP contribution in [-0.2, 0) is 14.3 Å². The number of ether oxygens (including phenoxy) is 1. The molecule has 3 amide bonds. The molecule has 0 spiro atoms. The molecule has 12 heteroatoms. The number of nitrogens with one attached hydrogen (secondary N) is 1. The van der Waals surface area contributed by atoms with E-state index in [-0.39, 0.29) is 29.2 Å². The third kappa shape index (κ3) is 5.68. The molecular formula is C22H17FI4N2O5. The van der Waals surface area contributed by atoms with Crippen LogP contribution >= 0.6 is 90.4 Å². The Bertz CT molecular complexity index is 1160. The third-order valence-corrected chi connectivity index (χ3v) is 12.3. The molecule has 3 rings (SSSR count). The van der Waals surface area contributed by atoms with Gasteiger partial charge in [-0.25, -0.2) is 9.18 Å². The van der Waals surface area contributed by atoms with Gasteiger partial charge in [-0.2, -0.15) is 0 Å². The topological polar surface area (TPSA) is 92.8 Å². The van der Waals surface area contributed by atoms with Crippen LogP contribution in [0.3, 0.4) is 0 Å². The molecule has 0 radical (unpaired) electrons. The maximum Gasteiger partial charge on any atom is 0.329 e. The number of amides is 3. The first-order valence-corrected chi connectivity index (χ1v) is 14.2. The average molecular weight is 916 g/mol. The van der Waals surface area contributed by atoms with Gasteiger partial charge < -0.3 is 10.1 Å². The molecule has 2 aromatic rings. The van der Waals surface area contributed by atoms with Crippen molar-refractivity contribution in [2.75, 3.05) is 11.9 Å². The Balaban J connectivity index is 1.83. The molecule has 0 aliphatic carbocycles. The van der Waals surface area contributed by atoms with E-state index in [0.717, 1.165) is 12.0 Å². The quantitative estimate of drug-likeness (QED) is 0.132. The average Bonchev–Trinajstić information content (AvgIpc) is 3.04. The number of esters is 1. The zero-order valence-electron chi connectivity index (χ0n) is 17.8. The van der Waals surface area contributed by atoms with Crippen LogP contribution in [0.2, 0.25) is 0 Å². The highest BCUT2D eigenvalue weighted by Crippen LogP contribution is 2.38. The van der Waals surface area contributed by atoms with E-state index in [2.05, 4.69) is 50.5 Å². The summed E-state index contributed by atoms with van der Waals surface area (Å²) >= 11 is 8.33. The third-order valence-electron chi connectivity index (χ3n) is 4.90. The number of hydrogen-bond acceptors (Lipinski definition) is 5. The van der Waals surface area contributed by atoms with Gasteiger partial charge in [0, 0.05) is 14.3 Å². The lowest BCUT2D eigenvalue weighted by molar-refractivity contribution is -0.151. The van der Waals surface area contributed by atoms with Crippen molar-refractivity contribution in [2.45, 2.75) is 26.3 Å². The standard InChI is InChI=1S/C22H17FI4N2O5/c1-9(2)7-12(22(33)34-8-13(30)28-11-6-4-3-5-10(11)23)29-20(31)14-15(21(29)32)17(25)19(27)18(26)16(14)24/h3-6,9,12H,7-8H2,1-2H3,(H,28,30)/t12-/m0/s1. The number of rotatable bonds is 7. The van der Waals surface area contributed by atoms with Crippen molar-refractivity contribution in [2.24, 2.45) is 5.92 Å². The van der Waals surface area contributed by atoms with Crippen molar-refractivity contribution in [1.82, 2.24) is 4.90 Å². The van der Waals surface area contributed by atoms with E-state index in [9.17, 15) is 23.6 Å². The summed E-state index contributed by atoms with van der Waals surface area (Å²) in [6.07, 6.45) is 0.167. The molecule has 0 bridgehead atoms. The minimum atomic E-state index is -1.20. The molecule has 0 saturated carbocycles. The SMILES string of the molecule is CC(C)C[C@@H](C(=O)OCC(=O)Nc1ccccc1F)N1C(=O)c2c(I)c(I)c(I)c(I)c2C1=O. The highest BCUT2D eigenvalue weighted by atomic mass is 127. The monoisotopic (exact) mass is 916 g/mol. The van der Waals surface area contributed by atoms with Crippen molar-refractivity contribution < 1.29 is 28.3 Å². The first-order chi connectivity index (χ1) is 16.0. The summed E-state index contributed by atoms with van der Waals surface area (Å²) in [6.45, 7) is 3.02. The lowest BCUT2D eigenvalue weighted by Crippen LogP contribution is -2.47. The number of halogens is 5. The predicted molar refractivity (Wildman–Crippen MR) is 157 cm³/mol. The van der Waals surface area contributed by atoms with Gasteiger partial charge in [0.15, 0.2) is 6.61 Å². The van der Waals surface area contributed by atoms with Gasteiger partial charge in [-0.05, 0) is 115 Å². The molecular weight excluding hydrogens is 899 g/mol. The van der Waals surface area contributed by atoms with E-state index >= 15 is 0 Å². The normalized spacial score (nSPS) is 13.8. The number of imide groups is 1. The van der Waals surface area contributed by atoms with Crippen LogP contribution in [0.4, 0.5) is 10.1 Å². The van der Waals surface area contributed by atoms with Gasteiger partial charge in [0.05, 0.1) is 16.8 Å². The van der Waals surface area contributed by atoms with E-state index in [4.69, 9.17) is 4.74 Å². The minimum Gasteiger partial charge on any atom is -0.454 e. The van der Waals surface area contributed by atoms with E-state index in [1.165, 1.54) is 18.2 Å². The van der Waals surface area contributed by atoms with E-state index in [1.54, 1.807) is 6.07 Å². The van der Waals surface area contributed by atoms with Gasteiger partial charge in [0.1, 0.15) is 11.9 Å². The molecule has 1 atom stereocenters. The summed E-state index contributed by atoms with van der Waals surface area (Å²) in [5, 5.41) is 2.33. The van der Waals surface area contributed by atoms with Crippen LogP contribution in [0.15, 0.2) is 24.3 Å². The van der Waals surface area contributed by atoms with Gasteiger partial charge in [0.2, 0.25) is 0 Å². The summed E-state index contributed by atoms with van der Waals surface area (Å²) in [5.41, 5.74) is 0.508. The zero-order valence-corrected chi connectivity index (χ0v) is 26.4. The molecule has 1 N–H and O–H groups in total. The summed E-state index contributed by atoms with van der Waals surface area (Å²) in [4.78, 5) is 52.9. The molecule has 0 aromatic heterocycles. The fourth-order valence-electron chi connectivity index (χ4n) is 3.38. The van der Waals surface area contributed by atoms with Crippen molar-refractivity contribution >= 4 is 120 Å². The van der Waals surface area contributed by atoms with Crippen molar-refractivity contribution in [3.63, 3.8) is 0 Å². The highest BCUT2D eigenvalue weighted by molar-refractivity contribution is 14.1. The lowest BCUT2D eigenvalue weighted by Gasteiger charge is -2.26. The first-order valence-electron chi connectivity index (χ1n) is 9.90. The number of hydrogen-bond donors (Lipinski definition) is 1. The van der Waals surface area contributed by atoms with Gasteiger partial charge in [0.25, 0.3) is 17.7 Å². The zero-order chi connectivity index (χ0) is 25.3. The molecule has 0 unspecified atom stereocenters. The van der Waals surface area contributed by atoms with E-state index in [1.807, 2.05) is 59.0 Å².